The Kier molecular flexibility index (Phi) is 5.34. The Morgan fingerprint density at radius 3 is 2.65 bits per heavy atom. The van der Waals surface area contributed by atoms with E-state index in [4.69, 9.17) is 21.1 Å². The molecule has 0 aliphatic carbocycles. The maximum Gasteiger partial charge on any atom is 0.251 e. The van der Waals surface area contributed by atoms with Gasteiger partial charge in [0.2, 0.25) is 0 Å². The second kappa shape index (κ2) is 6.54. The summed E-state index contributed by atoms with van der Waals surface area (Å²) in [5.41, 5.74) is 0.192. The molecule has 1 aromatic rings. The van der Waals surface area contributed by atoms with Crippen LogP contribution in [-0.4, -0.2) is 33.0 Å². The summed E-state index contributed by atoms with van der Waals surface area (Å²) in [4.78, 5) is 11.6. The summed E-state index contributed by atoms with van der Waals surface area (Å²) in [6.07, 6.45) is -0.531. The fraction of sp³-hybridized carbons (Fsp3) is 0.364. The minimum absolute atomic E-state index is 0.0202. The summed E-state index contributed by atoms with van der Waals surface area (Å²) in [6, 6.07) is 3.84. The number of amides is 1. The standard InChI is InChI=1S/C11H13ClFNO3/c1-16-10(17-2)6-14-11(15)7-3-4-8(12)9(13)5-7/h3-5,10H,6H2,1-2H3,(H,14,15). The van der Waals surface area contributed by atoms with Gasteiger partial charge in [-0.3, -0.25) is 4.79 Å². The molecule has 0 fully saturated rings. The lowest BCUT2D eigenvalue weighted by atomic mass is 10.2. The van der Waals surface area contributed by atoms with Crippen molar-refractivity contribution in [1.82, 2.24) is 5.32 Å². The van der Waals surface area contributed by atoms with Crippen LogP contribution < -0.4 is 5.32 Å². The Hall–Kier alpha value is -1.17. The average Bonchev–Trinajstić information content (AvgIpc) is 2.33. The fourth-order valence-corrected chi connectivity index (χ4v) is 1.30. The first kappa shape index (κ1) is 13.9. The van der Waals surface area contributed by atoms with Gasteiger partial charge in [0.1, 0.15) is 5.82 Å². The predicted octanol–water partition coefficient (Wildman–Crippen LogP) is 1.83. The Morgan fingerprint density at radius 1 is 1.47 bits per heavy atom. The van der Waals surface area contributed by atoms with Crippen LogP contribution in [0.5, 0.6) is 0 Å². The molecule has 0 spiro atoms. The van der Waals surface area contributed by atoms with Crippen molar-refractivity contribution in [3.05, 3.63) is 34.6 Å². The van der Waals surface area contributed by atoms with Crippen LogP contribution in [0, 0.1) is 5.82 Å². The molecule has 6 heteroatoms. The summed E-state index contributed by atoms with van der Waals surface area (Å²) < 4.78 is 22.9. The topological polar surface area (TPSA) is 47.6 Å². The summed E-state index contributed by atoms with van der Waals surface area (Å²) in [7, 11) is 2.92. The zero-order valence-electron chi connectivity index (χ0n) is 9.50. The normalized spacial score (nSPS) is 10.6. The third kappa shape index (κ3) is 3.96. The number of carbonyl (C=O) groups is 1. The lowest BCUT2D eigenvalue weighted by Crippen LogP contribution is -2.34. The van der Waals surface area contributed by atoms with Crippen molar-refractivity contribution >= 4 is 17.5 Å². The smallest absolute Gasteiger partial charge is 0.251 e. The van der Waals surface area contributed by atoms with Crippen molar-refractivity contribution in [2.75, 3.05) is 20.8 Å². The first-order valence-corrected chi connectivity index (χ1v) is 5.25. The highest BCUT2D eigenvalue weighted by Gasteiger charge is 2.11. The number of hydrogen-bond acceptors (Lipinski definition) is 3. The summed E-state index contributed by atoms with van der Waals surface area (Å²) in [5, 5.41) is 2.53. The van der Waals surface area contributed by atoms with E-state index in [1.54, 1.807) is 0 Å². The Bertz CT molecular complexity index is 396. The highest BCUT2D eigenvalue weighted by atomic mass is 35.5. The van der Waals surface area contributed by atoms with Gasteiger partial charge in [-0.25, -0.2) is 4.39 Å². The first-order chi connectivity index (χ1) is 8.08. The van der Waals surface area contributed by atoms with Crippen molar-refractivity contribution in [3.8, 4) is 0 Å². The van der Waals surface area contributed by atoms with E-state index in [9.17, 15) is 9.18 Å². The van der Waals surface area contributed by atoms with Gasteiger partial charge < -0.3 is 14.8 Å². The van der Waals surface area contributed by atoms with Gasteiger partial charge in [0.25, 0.3) is 5.91 Å². The maximum absolute atomic E-state index is 13.1. The molecular formula is C11H13ClFNO3. The van der Waals surface area contributed by atoms with E-state index in [1.165, 1.54) is 26.4 Å². The van der Waals surface area contributed by atoms with Crippen LogP contribution in [0.25, 0.3) is 0 Å². The summed E-state index contributed by atoms with van der Waals surface area (Å²) in [6.45, 7) is 0.177. The molecule has 94 valence electrons. The molecular weight excluding hydrogens is 249 g/mol. The quantitative estimate of drug-likeness (QED) is 0.823. The molecule has 0 aromatic heterocycles. The lowest BCUT2D eigenvalue weighted by Gasteiger charge is -2.14. The number of methoxy groups -OCH3 is 2. The van der Waals surface area contributed by atoms with E-state index in [2.05, 4.69) is 5.32 Å². The molecule has 0 unspecified atom stereocenters. The largest absolute Gasteiger partial charge is 0.354 e. The van der Waals surface area contributed by atoms with E-state index >= 15 is 0 Å². The number of hydrogen-bond donors (Lipinski definition) is 1. The van der Waals surface area contributed by atoms with Crippen molar-refractivity contribution in [1.29, 1.82) is 0 Å². The van der Waals surface area contributed by atoms with Crippen LogP contribution >= 0.6 is 11.6 Å². The van der Waals surface area contributed by atoms with E-state index in [0.29, 0.717) is 0 Å². The zero-order valence-corrected chi connectivity index (χ0v) is 10.3. The monoisotopic (exact) mass is 261 g/mol. The molecule has 1 amide bonds. The molecule has 0 saturated carbocycles. The molecule has 0 heterocycles. The molecule has 1 rings (SSSR count). The van der Waals surface area contributed by atoms with Gasteiger partial charge in [-0.1, -0.05) is 11.6 Å². The molecule has 0 atom stereocenters. The van der Waals surface area contributed by atoms with Crippen LogP contribution in [0.4, 0.5) is 4.39 Å². The Morgan fingerprint density at radius 2 is 2.12 bits per heavy atom. The third-order valence-electron chi connectivity index (χ3n) is 2.14. The van der Waals surface area contributed by atoms with Crippen molar-refractivity contribution in [2.45, 2.75) is 6.29 Å². The van der Waals surface area contributed by atoms with Crippen molar-refractivity contribution in [2.24, 2.45) is 0 Å². The van der Waals surface area contributed by atoms with Crippen molar-refractivity contribution in [3.63, 3.8) is 0 Å². The third-order valence-corrected chi connectivity index (χ3v) is 2.44. The van der Waals surface area contributed by atoms with Crippen LogP contribution in [0.15, 0.2) is 18.2 Å². The number of benzene rings is 1. The van der Waals surface area contributed by atoms with Crippen LogP contribution in [0.2, 0.25) is 5.02 Å². The second-order valence-electron chi connectivity index (χ2n) is 3.24. The molecule has 17 heavy (non-hydrogen) atoms. The number of nitrogens with one attached hydrogen (secondary N) is 1. The van der Waals surface area contributed by atoms with E-state index in [-0.39, 0.29) is 17.1 Å². The van der Waals surface area contributed by atoms with E-state index < -0.39 is 18.0 Å². The molecule has 1 aromatic carbocycles. The van der Waals surface area contributed by atoms with Crippen LogP contribution in [0.1, 0.15) is 10.4 Å². The Labute approximate surface area is 104 Å². The predicted molar refractivity (Wildman–Crippen MR) is 61.5 cm³/mol. The van der Waals surface area contributed by atoms with Gasteiger partial charge in [0.15, 0.2) is 6.29 Å². The minimum atomic E-state index is -0.630. The number of rotatable bonds is 5. The molecule has 1 N–H and O–H groups in total. The first-order valence-electron chi connectivity index (χ1n) is 4.87. The zero-order chi connectivity index (χ0) is 12.8. The molecule has 0 saturated heterocycles. The molecule has 0 radical (unpaired) electrons. The number of ether oxygens (including phenoxy) is 2. The molecule has 0 aliphatic rings. The summed E-state index contributed by atoms with van der Waals surface area (Å²) >= 11 is 5.51. The van der Waals surface area contributed by atoms with E-state index in [1.807, 2.05) is 0 Å². The molecule has 0 aliphatic heterocycles. The van der Waals surface area contributed by atoms with Gasteiger partial charge in [-0.15, -0.1) is 0 Å². The number of carbonyl (C=O) groups excluding carboxylic acids is 1. The average molecular weight is 262 g/mol. The second-order valence-corrected chi connectivity index (χ2v) is 3.65. The van der Waals surface area contributed by atoms with Crippen LogP contribution in [0.3, 0.4) is 0 Å². The van der Waals surface area contributed by atoms with Gasteiger partial charge in [-0.05, 0) is 18.2 Å². The summed E-state index contributed by atoms with van der Waals surface area (Å²) in [5.74, 6) is -1.05. The lowest BCUT2D eigenvalue weighted by molar-refractivity contribution is -0.0974. The highest BCUT2D eigenvalue weighted by Crippen LogP contribution is 2.15. The minimum Gasteiger partial charge on any atom is -0.354 e. The molecule has 4 nitrogen and oxygen atoms in total. The SMILES string of the molecule is COC(CNC(=O)c1ccc(Cl)c(F)c1)OC. The van der Waals surface area contributed by atoms with Crippen molar-refractivity contribution < 1.29 is 18.7 Å². The van der Waals surface area contributed by atoms with Crippen LogP contribution in [-0.2, 0) is 9.47 Å². The van der Waals surface area contributed by atoms with Gasteiger partial charge in [-0.2, -0.15) is 0 Å². The molecule has 0 bridgehead atoms. The number of halogens is 2. The van der Waals surface area contributed by atoms with Gasteiger partial charge >= 0.3 is 0 Å². The maximum atomic E-state index is 13.1. The van der Waals surface area contributed by atoms with E-state index in [0.717, 1.165) is 6.07 Å². The Balaban J connectivity index is 2.61. The van der Waals surface area contributed by atoms with Gasteiger partial charge in [0, 0.05) is 19.8 Å². The fourth-order valence-electron chi connectivity index (χ4n) is 1.18. The highest BCUT2D eigenvalue weighted by molar-refractivity contribution is 6.30. The van der Waals surface area contributed by atoms with Gasteiger partial charge in [0.05, 0.1) is 11.6 Å².